The minimum atomic E-state index is 0.0518. The smallest absolute Gasteiger partial charge is 0.239 e. The molecule has 2 N–H and O–H groups in total. The summed E-state index contributed by atoms with van der Waals surface area (Å²) in [5, 5.41) is 0. The van der Waals surface area contributed by atoms with Crippen LogP contribution in [0, 0.1) is 11.8 Å². The molecular weight excluding hydrogens is 238 g/mol. The summed E-state index contributed by atoms with van der Waals surface area (Å²) in [6.45, 7) is 6.13. The van der Waals surface area contributed by atoms with Crippen LogP contribution in [0.4, 0.5) is 0 Å². The molecule has 2 saturated heterocycles. The van der Waals surface area contributed by atoms with E-state index < -0.39 is 0 Å². The average molecular weight is 265 g/mol. The molecule has 3 rings (SSSR count). The second-order valence-electron chi connectivity index (χ2n) is 6.68. The van der Waals surface area contributed by atoms with E-state index in [1.165, 1.54) is 32.1 Å². The van der Waals surface area contributed by atoms with Crippen LogP contribution in [0.15, 0.2) is 0 Å². The number of hydrogen-bond donors (Lipinski definition) is 1. The normalized spacial score (nSPS) is 37.4. The predicted molar refractivity (Wildman–Crippen MR) is 75.7 cm³/mol. The summed E-state index contributed by atoms with van der Waals surface area (Å²) in [6, 6.07) is 0.420. The fourth-order valence-electron chi connectivity index (χ4n) is 4.19. The molecule has 0 aromatic rings. The fraction of sp³-hybridized carbons (Fsp3) is 0.933. The molecule has 1 aliphatic carbocycles. The topological polar surface area (TPSA) is 49.6 Å². The van der Waals surface area contributed by atoms with Crippen molar-refractivity contribution in [3.63, 3.8) is 0 Å². The minimum Gasteiger partial charge on any atom is -0.341 e. The summed E-state index contributed by atoms with van der Waals surface area (Å²) in [5.74, 6) is 1.72. The molecule has 0 aromatic heterocycles. The Morgan fingerprint density at radius 2 is 1.89 bits per heavy atom. The lowest BCUT2D eigenvalue weighted by molar-refractivity contribution is -0.137. The Morgan fingerprint density at radius 1 is 1.16 bits per heavy atom. The molecule has 108 valence electrons. The van der Waals surface area contributed by atoms with Crippen molar-refractivity contribution in [2.45, 2.75) is 51.1 Å². The van der Waals surface area contributed by atoms with Gasteiger partial charge in [0.1, 0.15) is 0 Å². The van der Waals surface area contributed by atoms with Gasteiger partial charge in [0.25, 0.3) is 0 Å². The van der Waals surface area contributed by atoms with E-state index in [4.69, 9.17) is 5.73 Å². The van der Waals surface area contributed by atoms with Crippen molar-refractivity contribution >= 4 is 5.91 Å². The van der Waals surface area contributed by atoms with Gasteiger partial charge in [-0.2, -0.15) is 0 Å². The number of carbonyl (C=O) groups is 1. The molecule has 0 radical (unpaired) electrons. The summed E-state index contributed by atoms with van der Waals surface area (Å²) in [4.78, 5) is 17.0. The highest BCUT2D eigenvalue weighted by Gasteiger charge is 2.43. The highest BCUT2D eigenvalue weighted by atomic mass is 16.2. The van der Waals surface area contributed by atoms with Crippen LogP contribution < -0.4 is 5.73 Å². The zero-order chi connectivity index (χ0) is 13.4. The molecule has 4 heteroatoms. The highest BCUT2D eigenvalue weighted by Crippen LogP contribution is 2.38. The number of nitrogens with zero attached hydrogens (tertiary/aromatic N) is 2. The maximum absolute atomic E-state index is 12.5. The van der Waals surface area contributed by atoms with Gasteiger partial charge in [-0.05, 0) is 50.9 Å². The van der Waals surface area contributed by atoms with Gasteiger partial charge in [-0.3, -0.25) is 9.69 Å². The van der Waals surface area contributed by atoms with Crippen molar-refractivity contribution in [3.8, 4) is 0 Å². The third kappa shape index (κ3) is 2.52. The molecule has 1 saturated carbocycles. The van der Waals surface area contributed by atoms with Crippen LogP contribution in [0.2, 0.25) is 0 Å². The Bertz CT molecular complexity index is 340. The monoisotopic (exact) mass is 265 g/mol. The van der Waals surface area contributed by atoms with Crippen LogP contribution >= 0.6 is 0 Å². The lowest BCUT2D eigenvalue weighted by Gasteiger charge is -2.33. The SMILES string of the molecule is CC(C(=O)N1CCCCC1)N1CC2CCC(N)C2C1. The van der Waals surface area contributed by atoms with Crippen LogP contribution in [0.25, 0.3) is 0 Å². The van der Waals surface area contributed by atoms with E-state index in [0.717, 1.165) is 32.1 Å². The van der Waals surface area contributed by atoms with Crippen molar-refractivity contribution in [3.05, 3.63) is 0 Å². The summed E-state index contributed by atoms with van der Waals surface area (Å²) >= 11 is 0. The maximum Gasteiger partial charge on any atom is 0.239 e. The minimum absolute atomic E-state index is 0.0518. The Kier molecular flexibility index (Phi) is 3.81. The van der Waals surface area contributed by atoms with Crippen LogP contribution in [-0.2, 0) is 4.79 Å². The first-order chi connectivity index (χ1) is 9.16. The standard InChI is InChI=1S/C15H27N3O/c1-11(15(19)17-7-3-2-4-8-17)18-9-12-5-6-14(16)13(12)10-18/h11-14H,2-10,16H2,1H3. The molecular formula is C15H27N3O. The van der Waals surface area contributed by atoms with Crippen molar-refractivity contribution in [2.24, 2.45) is 17.6 Å². The Morgan fingerprint density at radius 3 is 2.58 bits per heavy atom. The number of fused-ring (bicyclic) bond motifs is 1. The maximum atomic E-state index is 12.5. The Hall–Kier alpha value is -0.610. The number of hydrogen-bond acceptors (Lipinski definition) is 3. The second kappa shape index (κ2) is 5.41. The van der Waals surface area contributed by atoms with Gasteiger partial charge in [0.2, 0.25) is 5.91 Å². The molecule has 4 nitrogen and oxygen atoms in total. The number of piperidine rings is 1. The summed E-state index contributed by atoms with van der Waals surface area (Å²) in [7, 11) is 0. The van der Waals surface area contributed by atoms with E-state index in [1.807, 2.05) is 0 Å². The first-order valence-corrected chi connectivity index (χ1v) is 7.95. The first-order valence-electron chi connectivity index (χ1n) is 7.95. The average Bonchev–Trinajstić information content (AvgIpc) is 3.01. The lowest BCUT2D eigenvalue weighted by Crippen LogP contribution is -2.48. The van der Waals surface area contributed by atoms with E-state index in [-0.39, 0.29) is 6.04 Å². The summed E-state index contributed by atoms with van der Waals surface area (Å²) in [5.41, 5.74) is 6.18. The van der Waals surface area contributed by atoms with E-state index in [1.54, 1.807) is 0 Å². The highest BCUT2D eigenvalue weighted by molar-refractivity contribution is 5.81. The predicted octanol–water partition coefficient (Wildman–Crippen LogP) is 1.06. The first kappa shape index (κ1) is 13.4. The Balaban J connectivity index is 1.58. The van der Waals surface area contributed by atoms with Crippen LogP contribution in [0.3, 0.4) is 0 Å². The number of nitrogens with two attached hydrogens (primary N) is 1. The fourth-order valence-corrected chi connectivity index (χ4v) is 4.19. The molecule has 2 aliphatic heterocycles. The number of amides is 1. The molecule has 3 fully saturated rings. The van der Waals surface area contributed by atoms with Gasteiger partial charge in [0.15, 0.2) is 0 Å². The van der Waals surface area contributed by atoms with Crippen LogP contribution in [0.5, 0.6) is 0 Å². The summed E-state index contributed by atoms with van der Waals surface area (Å²) < 4.78 is 0. The van der Waals surface area contributed by atoms with Gasteiger partial charge in [0.05, 0.1) is 6.04 Å². The third-order valence-corrected chi connectivity index (χ3v) is 5.51. The molecule has 0 spiro atoms. The van der Waals surface area contributed by atoms with Gasteiger partial charge in [-0.1, -0.05) is 0 Å². The van der Waals surface area contributed by atoms with Gasteiger partial charge < -0.3 is 10.6 Å². The quantitative estimate of drug-likeness (QED) is 0.812. The molecule has 0 aromatic carbocycles. The van der Waals surface area contributed by atoms with E-state index in [0.29, 0.717) is 17.9 Å². The zero-order valence-corrected chi connectivity index (χ0v) is 12.1. The molecule has 3 aliphatic rings. The molecule has 19 heavy (non-hydrogen) atoms. The molecule has 2 heterocycles. The van der Waals surface area contributed by atoms with Crippen LogP contribution in [-0.4, -0.2) is 54.0 Å². The van der Waals surface area contributed by atoms with Crippen molar-refractivity contribution in [2.75, 3.05) is 26.2 Å². The second-order valence-corrected chi connectivity index (χ2v) is 6.68. The van der Waals surface area contributed by atoms with Crippen LogP contribution in [0.1, 0.15) is 39.0 Å². The van der Waals surface area contributed by atoms with Gasteiger partial charge in [-0.25, -0.2) is 0 Å². The molecule has 4 atom stereocenters. The molecule has 1 amide bonds. The largest absolute Gasteiger partial charge is 0.341 e. The van der Waals surface area contributed by atoms with E-state index in [9.17, 15) is 4.79 Å². The van der Waals surface area contributed by atoms with Crippen molar-refractivity contribution in [1.29, 1.82) is 0 Å². The third-order valence-electron chi connectivity index (χ3n) is 5.51. The Labute approximate surface area is 116 Å². The zero-order valence-electron chi connectivity index (χ0n) is 12.1. The molecule has 0 bridgehead atoms. The number of carbonyl (C=O) groups excluding carboxylic acids is 1. The number of likely N-dealkylation sites (tertiary alicyclic amines) is 2. The van der Waals surface area contributed by atoms with Crippen molar-refractivity contribution < 1.29 is 4.79 Å². The van der Waals surface area contributed by atoms with E-state index in [2.05, 4.69) is 16.7 Å². The van der Waals surface area contributed by atoms with Gasteiger partial charge in [-0.15, -0.1) is 0 Å². The lowest BCUT2D eigenvalue weighted by atomic mass is 9.98. The number of rotatable bonds is 2. The summed E-state index contributed by atoms with van der Waals surface area (Å²) in [6.07, 6.45) is 6.06. The van der Waals surface area contributed by atoms with E-state index >= 15 is 0 Å². The molecule has 4 unspecified atom stereocenters. The van der Waals surface area contributed by atoms with Gasteiger partial charge >= 0.3 is 0 Å². The van der Waals surface area contributed by atoms with Crippen molar-refractivity contribution in [1.82, 2.24) is 9.80 Å². The van der Waals surface area contributed by atoms with Gasteiger partial charge in [0, 0.05) is 32.2 Å².